The van der Waals surface area contributed by atoms with E-state index in [0.717, 1.165) is 29.5 Å². The number of hydrogen-bond donors (Lipinski definition) is 5. The highest BCUT2D eigenvalue weighted by atomic mass is 16.6. The molecule has 18 heteroatoms. The summed E-state index contributed by atoms with van der Waals surface area (Å²) >= 11 is 0. The molecule has 0 saturated heterocycles. The van der Waals surface area contributed by atoms with Gasteiger partial charge in [-0.1, -0.05) is 68.4 Å². The van der Waals surface area contributed by atoms with Gasteiger partial charge in [-0.2, -0.15) is 0 Å². The van der Waals surface area contributed by atoms with Gasteiger partial charge in [0, 0.05) is 38.9 Å². The zero-order valence-corrected chi connectivity index (χ0v) is 41.5. The number of rotatable bonds is 28. The van der Waals surface area contributed by atoms with Crippen molar-refractivity contribution in [1.29, 1.82) is 0 Å². The lowest BCUT2D eigenvalue weighted by Crippen LogP contribution is -2.43. The summed E-state index contributed by atoms with van der Waals surface area (Å²) in [6.07, 6.45) is 1.41. The fourth-order valence-electron chi connectivity index (χ4n) is 5.77. The molecule has 0 aliphatic heterocycles. The van der Waals surface area contributed by atoms with Crippen molar-refractivity contribution in [1.82, 2.24) is 21.3 Å². The van der Waals surface area contributed by atoms with E-state index in [4.69, 9.17) is 33.2 Å². The molecule has 0 spiro atoms. The molecule has 0 heterocycles. The van der Waals surface area contributed by atoms with Crippen LogP contribution in [0.4, 0.5) is 9.59 Å². The summed E-state index contributed by atoms with van der Waals surface area (Å²) < 4.78 is 37.7. The van der Waals surface area contributed by atoms with Crippen LogP contribution in [0.5, 0.6) is 11.5 Å². The van der Waals surface area contributed by atoms with Crippen molar-refractivity contribution >= 4 is 35.9 Å². The Morgan fingerprint density at radius 2 is 0.957 bits per heavy atom. The number of carbonyl (C=O) groups is 6. The quantitative estimate of drug-likeness (QED) is 0.0290. The highest BCUT2D eigenvalue weighted by molar-refractivity contribution is 5.85. The predicted octanol–water partition coefficient (Wildman–Crippen LogP) is 6.70. The van der Waals surface area contributed by atoms with E-state index in [9.17, 15) is 33.9 Å². The molecule has 2 atom stereocenters. The van der Waals surface area contributed by atoms with Crippen LogP contribution in [0.15, 0.2) is 78.9 Å². The minimum absolute atomic E-state index is 0.119. The third kappa shape index (κ3) is 29.2. The Morgan fingerprint density at radius 1 is 0.536 bits per heavy atom. The minimum Gasteiger partial charge on any atom is -0.492 e. The van der Waals surface area contributed by atoms with Crippen molar-refractivity contribution in [3.8, 4) is 11.5 Å². The zero-order valence-electron chi connectivity index (χ0n) is 41.5. The van der Waals surface area contributed by atoms with Crippen LogP contribution in [0.3, 0.4) is 0 Å². The predicted molar refractivity (Wildman–Crippen MR) is 259 cm³/mol. The first-order valence-electron chi connectivity index (χ1n) is 23.3. The van der Waals surface area contributed by atoms with Crippen LogP contribution in [-0.4, -0.2) is 117 Å². The van der Waals surface area contributed by atoms with E-state index in [1.54, 1.807) is 77.9 Å². The zero-order chi connectivity index (χ0) is 51.1. The largest absolute Gasteiger partial charge is 0.492 e. The summed E-state index contributed by atoms with van der Waals surface area (Å²) in [5, 5.41) is 19.9. The van der Waals surface area contributed by atoms with Gasteiger partial charge in [0.05, 0.1) is 26.3 Å². The molecule has 4 amide bonds. The average molecular weight is 967 g/mol. The smallest absolute Gasteiger partial charge is 0.407 e. The lowest BCUT2D eigenvalue weighted by atomic mass is 10.1. The van der Waals surface area contributed by atoms with Gasteiger partial charge in [-0.05, 0) is 95.3 Å². The summed E-state index contributed by atoms with van der Waals surface area (Å²) in [4.78, 5) is 72.0. The standard InChI is InChI=1S/C29H40N2O7.C22H34N2O7/c1-5-17-35-18-15-26(32)31-25(27(33)37-21-23-9-7-6-8-10-23)20-22-11-13-24(14-12-22)36-19-16-30-28(34)38-29(2,3)4;1-5-12-29-13-10-19(25)24-18(20(26)27)15-16-6-8-17(9-7-16)30-14-11-23-21(28)31-22(2,3)4/h6-14,25H,5,15-21H2,1-4H3,(H,30,34)(H,31,32);6-9,18H,5,10-15H2,1-4H3,(H,23,28)(H,24,25)(H,26,27)/t25-;18-/m00/s1. The number of ether oxygens (including phenoxy) is 7. The highest BCUT2D eigenvalue weighted by Gasteiger charge is 2.24. The fourth-order valence-corrected chi connectivity index (χ4v) is 5.77. The van der Waals surface area contributed by atoms with E-state index >= 15 is 0 Å². The Morgan fingerprint density at radius 3 is 1.36 bits per heavy atom. The summed E-state index contributed by atoms with van der Waals surface area (Å²) in [6, 6.07) is 21.6. The molecule has 3 aromatic rings. The molecular weight excluding hydrogens is 893 g/mol. The van der Waals surface area contributed by atoms with Crippen molar-refractivity contribution in [2.24, 2.45) is 0 Å². The highest BCUT2D eigenvalue weighted by Crippen LogP contribution is 2.16. The molecule has 382 valence electrons. The normalized spacial score (nSPS) is 11.9. The molecular formula is C51H74N4O14. The molecule has 0 aliphatic carbocycles. The topological polar surface area (TPSA) is 235 Å². The van der Waals surface area contributed by atoms with Gasteiger partial charge in [0.2, 0.25) is 11.8 Å². The monoisotopic (exact) mass is 967 g/mol. The van der Waals surface area contributed by atoms with E-state index in [2.05, 4.69) is 21.3 Å². The third-order valence-electron chi connectivity index (χ3n) is 8.93. The van der Waals surface area contributed by atoms with Gasteiger partial charge in [0.1, 0.15) is 54.6 Å². The number of amides is 4. The number of benzene rings is 3. The Bertz CT molecular complexity index is 1970. The first kappa shape index (κ1) is 58.7. The Kier molecular flexibility index (Phi) is 27.5. The second-order valence-electron chi connectivity index (χ2n) is 17.6. The maximum absolute atomic E-state index is 12.9. The second kappa shape index (κ2) is 32.4. The summed E-state index contributed by atoms with van der Waals surface area (Å²) in [5.41, 5.74) is 1.32. The maximum Gasteiger partial charge on any atom is 0.407 e. The van der Waals surface area contributed by atoms with E-state index in [1.807, 2.05) is 56.3 Å². The van der Waals surface area contributed by atoms with Crippen LogP contribution in [0, 0.1) is 0 Å². The first-order chi connectivity index (χ1) is 32.8. The van der Waals surface area contributed by atoms with Crippen molar-refractivity contribution in [3.63, 3.8) is 0 Å². The molecule has 0 aliphatic rings. The number of carboxylic acids is 1. The Balaban J connectivity index is 0.000000484. The van der Waals surface area contributed by atoms with Crippen molar-refractivity contribution in [2.45, 2.75) is 124 Å². The van der Waals surface area contributed by atoms with Crippen LogP contribution in [0.2, 0.25) is 0 Å². The van der Waals surface area contributed by atoms with Gasteiger partial charge in [-0.25, -0.2) is 19.2 Å². The van der Waals surface area contributed by atoms with Gasteiger partial charge < -0.3 is 59.5 Å². The molecule has 0 unspecified atom stereocenters. The third-order valence-corrected chi connectivity index (χ3v) is 8.93. The van der Waals surface area contributed by atoms with Gasteiger partial charge in [-0.15, -0.1) is 0 Å². The molecule has 5 N–H and O–H groups in total. The second-order valence-corrected chi connectivity index (χ2v) is 17.6. The SMILES string of the molecule is CCCOCCC(=O)N[C@@H](Cc1ccc(OCCNC(=O)OC(C)(C)C)cc1)C(=O)O.CCCOCCC(=O)N[C@@H](Cc1ccc(OCCNC(=O)OC(C)(C)C)cc1)C(=O)OCc1ccccc1. The molecule has 0 saturated carbocycles. The molecule has 0 fully saturated rings. The van der Waals surface area contributed by atoms with Crippen molar-refractivity contribution in [2.75, 3.05) is 52.7 Å². The van der Waals surface area contributed by atoms with Crippen molar-refractivity contribution in [3.05, 3.63) is 95.6 Å². The van der Waals surface area contributed by atoms with Gasteiger partial charge in [-0.3, -0.25) is 9.59 Å². The van der Waals surface area contributed by atoms with Crippen LogP contribution in [0.25, 0.3) is 0 Å². The molecule has 0 radical (unpaired) electrons. The average Bonchev–Trinajstić information content (AvgIpc) is 3.28. The van der Waals surface area contributed by atoms with Gasteiger partial charge in [0.25, 0.3) is 0 Å². The lowest BCUT2D eigenvalue weighted by Gasteiger charge is -2.19. The number of alkyl carbamates (subject to hydrolysis) is 2. The first-order valence-corrected chi connectivity index (χ1v) is 23.3. The molecule has 18 nitrogen and oxygen atoms in total. The van der Waals surface area contributed by atoms with Crippen LogP contribution in [-0.2, 0) is 62.3 Å². The number of carboxylic acid groups (broad SMARTS) is 1. The van der Waals surface area contributed by atoms with Gasteiger partial charge >= 0.3 is 24.1 Å². The van der Waals surface area contributed by atoms with E-state index in [1.165, 1.54) is 0 Å². The maximum atomic E-state index is 12.9. The van der Waals surface area contributed by atoms with E-state index < -0.39 is 47.4 Å². The van der Waals surface area contributed by atoms with E-state index in [0.29, 0.717) is 37.9 Å². The van der Waals surface area contributed by atoms with Crippen LogP contribution >= 0.6 is 0 Å². The molecule has 0 aromatic heterocycles. The molecule has 3 rings (SSSR count). The molecule has 69 heavy (non-hydrogen) atoms. The van der Waals surface area contributed by atoms with Crippen LogP contribution < -0.4 is 30.7 Å². The Labute approximate surface area is 406 Å². The summed E-state index contributed by atoms with van der Waals surface area (Å²) in [6.45, 7) is 17.6. The summed E-state index contributed by atoms with van der Waals surface area (Å²) in [5.74, 6) is -1.05. The number of nitrogens with one attached hydrogen (secondary N) is 4. The van der Waals surface area contributed by atoms with Crippen molar-refractivity contribution < 1.29 is 67.0 Å². The van der Waals surface area contributed by atoms with Crippen LogP contribution in [0.1, 0.15) is 97.8 Å². The van der Waals surface area contributed by atoms with E-state index in [-0.39, 0.29) is 70.5 Å². The molecule has 0 bridgehead atoms. The number of esters is 1. The fraction of sp³-hybridized carbons (Fsp3) is 0.529. The summed E-state index contributed by atoms with van der Waals surface area (Å²) in [7, 11) is 0. The number of aliphatic carboxylic acids is 1. The lowest BCUT2D eigenvalue weighted by molar-refractivity contribution is -0.149. The molecule has 3 aromatic carbocycles. The van der Waals surface area contributed by atoms with Gasteiger partial charge in [0.15, 0.2) is 0 Å². The number of hydrogen-bond acceptors (Lipinski definition) is 13. The number of carbonyl (C=O) groups excluding carboxylic acids is 5. The minimum atomic E-state index is -1.10. The Hall–Kier alpha value is -6.40.